The molecule has 1 atom stereocenters. The Bertz CT molecular complexity index is 652. The van der Waals surface area contributed by atoms with E-state index < -0.39 is 5.91 Å². The van der Waals surface area contributed by atoms with Crippen LogP contribution in [0, 0.1) is 0 Å². The highest BCUT2D eigenvalue weighted by molar-refractivity contribution is 5.98. The van der Waals surface area contributed by atoms with Gasteiger partial charge < -0.3 is 15.7 Å². The largest absolute Gasteiger partial charge is 0.395 e. The van der Waals surface area contributed by atoms with Crippen LogP contribution in [0.25, 0.3) is 5.65 Å². The van der Waals surface area contributed by atoms with Crippen molar-refractivity contribution in [2.24, 2.45) is 5.73 Å². The average molecular weight is 289 g/mol. The zero-order chi connectivity index (χ0) is 14.8. The number of carbonyl (C=O) groups excluding carboxylic acids is 1. The Kier molecular flexibility index (Phi) is 3.85. The van der Waals surface area contributed by atoms with E-state index in [1.54, 1.807) is 10.7 Å². The van der Waals surface area contributed by atoms with Crippen LogP contribution >= 0.6 is 0 Å². The van der Waals surface area contributed by atoms with Gasteiger partial charge in [-0.3, -0.25) is 4.79 Å². The Morgan fingerprint density at radius 1 is 1.52 bits per heavy atom. The summed E-state index contributed by atoms with van der Waals surface area (Å²) in [6.45, 7) is 2.75. The van der Waals surface area contributed by atoms with E-state index in [0.717, 1.165) is 31.6 Å². The van der Waals surface area contributed by atoms with Gasteiger partial charge in [-0.05, 0) is 25.5 Å². The van der Waals surface area contributed by atoms with Gasteiger partial charge in [-0.2, -0.15) is 5.10 Å². The van der Waals surface area contributed by atoms with Gasteiger partial charge in [0.2, 0.25) is 0 Å². The van der Waals surface area contributed by atoms with Crippen molar-refractivity contribution in [3.05, 3.63) is 29.7 Å². The van der Waals surface area contributed by atoms with E-state index in [9.17, 15) is 4.79 Å². The summed E-state index contributed by atoms with van der Waals surface area (Å²) < 4.78 is 1.72. The summed E-state index contributed by atoms with van der Waals surface area (Å²) in [5.74, 6) is -0.198. The maximum absolute atomic E-state index is 11.4. The smallest absolute Gasteiger partial charge is 0.254 e. The number of aromatic nitrogens is 3. The molecule has 0 radical (unpaired) electrons. The van der Waals surface area contributed by atoms with E-state index in [1.807, 2.05) is 6.07 Å². The topological polar surface area (TPSA) is 96.8 Å². The summed E-state index contributed by atoms with van der Waals surface area (Å²) in [6, 6.07) is 1.94. The van der Waals surface area contributed by atoms with Crippen molar-refractivity contribution in [3.63, 3.8) is 0 Å². The third-order valence-corrected chi connectivity index (χ3v) is 4.04. The summed E-state index contributed by atoms with van der Waals surface area (Å²) in [4.78, 5) is 17.9. The summed E-state index contributed by atoms with van der Waals surface area (Å²) in [5.41, 5.74) is 7.24. The number of nitrogens with two attached hydrogens (primary N) is 1. The first-order valence-electron chi connectivity index (χ1n) is 7.16. The van der Waals surface area contributed by atoms with Gasteiger partial charge in [0.25, 0.3) is 5.91 Å². The maximum atomic E-state index is 11.4. The highest BCUT2D eigenvalue weighted by Crippen LogP contribution is 2.27. The number of amides is 1. The summed E-state index contributed by atoms with van der Waals surface area (Å²) in [6.07, 6.45) is 5.32. The van der Waals surface area contributed by atoms with E-state index >= 15 is 0 Å². The molecule has 3 N–H and O–H groups in total. The lowest BCUT2D eigenvalue weighted by Gasteiger charge is -2.32. The molecule has 3 heterocycles. The van der Waals surface area contributed by atoms with Gasteiger partial charge in [-0.15, -0.1) is 0 Å². The van der Waals surface area contributed by atoms with Gasteiger partial charge in [0, 0.05) is 25.2 Å². The van der Waals surface area contributed by atoms with E-state index in [1.165, 1.54) is 6.20 Å². The highest BCUT2D eigenvalue weighted by Gasteiger charge is 2.24. The lowest BCUT2D eigenvalue weighted by molar-refractivity contribution is 0.100. The lowest BCUT2D eigenvalue weighted by atomic mass is 9.94. The number of aliphatic hydroxyl groups excluding tert-OH is 1. The van der Waals surface area contributed by atoms with Crippen molar-refractivity contribution in [1.29, 1.82) is 0 Å². The number of β-amino-alcohol motifs (C(OH)–C–C–N with tert-alkyl or cyclic N) is 1. The molecule has 7 nitrogen and oxygen atoms in total. The van der Waals surface area contributed by atoms with Crippen LogP contribution in [0.4, 0.5) is 0 Å². The molecular formula is C14H19N5O2. The molecule has 2 aromatic rings. The van der Waals surface area contributed by atoms with Crippen LogP contribution in [-0.2, 0) is 0 Å². The molecule has 0 spiro atoms. The molecule has 1 saturated heterocycles. The predicted octanol–water partition coefficient (Wildman–Crippen LogP) is -0.0001000. The SMILES string of the molecule is NC(=O)c1cnn2c([C@@H]3CCCN(CCO)C3)ccnc12. The molecule has 1 amide bonds. The van der Waals surface area contributed by atoms with Gasteiger partial charge in [0.05, 0.1) is 18.5 Å². The minimum Gasteiger partial charge on any atom is -0.395 e. The quantitative estimate of drug-likeness (QED) is 0.826. The van der Waals surface area contributed by atoms with Crippen LogP contribution in [0.2, 0.25) is 0 Å². The first-order valence-corrected chi connectivity index (χ1v) is 7.16. The molecule has 0 aliphatic carbocycles. The van der Waals surface area contributed by atoms with E-state index in [-0.39, 0.29) is 6.61 Å². The first kappa shape index (κ1) is 14.0. The Labute approximate surface area is 122 Å². The highest BCUT2D eigenvalue weighted by atomic mass is 16.3. The monoisotopic (exact) mass is 289 g/mol. The molecule has 1 aliphatic heterocycles. The lowest BCUT2D eigenvalue weighted by Crippen LogP contribution is -2.36. The molecule has 0 saturated carbocycles. The minimum absolute atomic E-state index is 0.173. The van der Waals surface area contributed by atoms with Crippen molar-refractivity contribution >= 4 is 11.6 Å². The number of primary amides is 1. The predicted molar refractivity (Wildman–Crippen MR) is 77.0 cm³/mol. The number of rotatable bonds is 4. The number of piperidine rings is 1. The fraction of sp³-hybridized carbons (Fsp3) is 0.500. The molecular weight excluding hydrogens is 270 g/mol. The van der Waals surface area contributed by atoms with Crippen LogP contribution in [0.5, 0.6) is 0 Å². The Morgan fingerprint density at radius 3 is 3.14 bits per heavy atom. The number of aliphatic hydroxyl groups is 1. The number of likely N-dealkylation sites (tertiary alicyclic amines) is 1. The van der Waals surface area contributed by atoms with Gasteiger partial charge in [0.15, 0.2) is 5.65 Å². The normalized spacial score (nSPS) is 20.0. The van der Waals surface area contributed by atoms with Gasteiger partial charge >= 0.3 is 0 Å². The van der Waals surface area contributed by atoms with E-state index in [0.29, 0.717) is 23.7 Å². The van der Waals surface area contributed by atoms with Gasteiger partial charge in [-0.25, -0.2) is 9.50 Å². The van der Waals surface area contributed by atoms with Gasteiger partial charge in [-0.1, -0.05) is 0 Å². The third kappa shape index (κ3) is 2.62. The van der Waals surface area contributed by atoms with Crippen molar-refractivity contribution in [3.8, 4) is 0 Å². The standard InChI is InChI=1S/C14H19N5O2/c15-13(21)11-8-17-19-12(3-4-16-14(11)19)10-2-1-5-18(9-10)6-7-20/h3-4,8,10,20H,1-2,5-7,9H2,(H2,15,21)/t10-/m1/s1. The zero-order valence-corrected chi connectivity index (χ0v) is 11.8. The number of nitrogens with zero attached hydrogens (tertiary/aromatic N) is 4. The Balaban J connectivity index is 1.95. The second-order valence-corrected chi connectivity index (χ2v) is 5.39. The Morgan fingerprint density at radius 2 is 2.38 bits per heavy atom. The van der Waals surface area contributed by atoms with Crippen LogP contribution in [0.15, 0.2) is 18.5 Å². The van der Waals surface area contributed by atoms with Crippen LogP contribution < -0.4 is 5.73 Å². The van der Waals surface area contributed by atoms with Crippen molar-refractivity contribution in [1.82, 2.24) is 19.5 Å². The molecule has 7 heteroatoms. The van der Waals surface area contributed by atoms with E-state index in [4.69, 9.17) is 10.8 Å². The third-order valence-electron chi connectivity index (χ3n) is 4.04. The van der Waals surface area contributed by atoms with Gasteiger partial charge in [0.1, 0.15) is 5.56 Å². The fourth-order valence-corrected chi connectivity index (χ4v) is 3.03. The minimum atomic E-state index is -0.514. The number of hydrogen-bond donors (Lipinski definition) is 2. The van der Waals surface area contributed by atoms with Crippen molar-refractivity contribution in [2.45, 2.75) is 18.8 Å². The maximum Gasteiger partial charge on any atom is 0.254 e. The molecule has 112 valence electrons. The molecule has 0 aromatic carbocycles. The first-order chi connectivity index (χ1) is 10.2. The molecule has 2 aromatic heterocycles. The van der Waals surface area contributed by atoms with Crippen LogP contribution in [0.3, 0.4) is 0 Å². The van der Waals surface area contributed by atoms with Crippen molar-refractivity contribution < 1.29 is 9.90 Å². The molecule has 1 fully saturated rings. The average Bonchev–Trinajstić information content (AvgIpc) is 2.92. The Hall–Kier alpha value is -1.99. The zero-order valence-electron chi connectivity index (χ0n) is 11.8. The number of fused-ring (bicyclic) bond motifs is 1. The molecule has 0 bridgehead atoms. The second-order valence-electron chi connectivity index (χ2n) is 5.39. The summed E-state index contributed by atoms with van der Waals surface area (Å²) >= 11 is 0. The molecule has 0 unspecified atom stereocenters. The number of hydrogen-bond acceptors (Lipinski definition) is 5. The van der Waals surface area contributed by atoms with E-state index in [2.05, 4.69) is 15.0 Å². The van der Waals surface area contributed by atoms with Crippen LogP contribution in [-0.4, -0.2) is 56.8 Å². The molecule has 3 rings (SSSR count). The summed E-state index contributed by atoms with van der Waals surface area (Å²) in [7, 11) is 0. The fourth-order valence-electron chi connectivity index (χ4n) is 3.03. The molecule has 1 aliphatic rings. The van der Waals surface area contributed by atoms with Crippen molar-refractivity contribution in [2.75, 3.05) is 26.2 Å². The number of carbonyl (C=O) groups is 1. The second kappa shape index (κ2) is 5.79. The van der Waals surface area contributed by atoms with Crippen LogP contribution in [0.1, 0.15) is 34.8 Å². The summed E-state index contributed by atoms with van der Waals surface area (Å²) in [5, 5.41) is 13.4. The molecule has 21 heavy (non-hydrogen) atoms.